The molecule has 2 aliphatic rings. The van der Waals surface area contributed by atoms with E-state index in [-0.39, 0.29) is 11.8 Å². The van der Waals surface area contributed by atoms with Crippen molar-refractivity contribution in [2.75, 3.05) is 26.2 Å². The molecular formula is C15H29N3O. The molecule has 110 valence electrons. The molecule has 0 bridgehead atoms. The summed E-state index contributed by atoms with van der Waals surface area (Å²) < 4.78 is 0. The minimum Gasteiger partial charge on any atom is -0.355 e. The van der Waals surface area contributed by atoms with Crippen molar-refractivity contribution in [3.8, 4) is 0 Å². The molecule has 0 saturated carbocycles. The summed E-state index contributed by atoms with van der Waals surface area (Å²) >= 11 is 0. The summed E-state index contributed by atoms with van der Waals surface area (Å²) in [7, 11) is 0. The summed E-state index contributed by atoms with van der Waals surface area (Å²) in [5.41, 5.74) is 0. The monoisotopic (exact) mass is 267 g/mol. The van der Waals surface area contributed by atoms with Crippen molar-refractivity contribution in [3.05, 3.63) is 0 Å². The first-order valence-corrected chi connectivity index (χ1v) is 7.81. The van der Waals surface area contributed by atoms with Crippen LogP contribution >= 0.6 is 0 Å². The first-order valence-electron chi connectivity index (χ1n) is 7.81. The first-order chi connectivity index (χ1) is 9.06. The molecule has 0 aliphatic carbocycles. The molecule has 3 unspecified atom stereocenters. The number of carbonyl (C=O) groups is 1. The van der Waals surface area contributed by atoms with Gasteiger partial charge in [0.2, 0.25) is 5.91 Å². The molecular weight excluding hydrogens is 238 g/mol. The van der Waals surface area contributed by atoms with E-state index in [1.165, 1.54) is 13.0 Å². The Hall–Kier alpha value is -0.610. The summed E-state index contributed by atoms with van der Waals surface area (Å²) in [5, 5.41) is 6.56. The third-order valence-corrected chi connectivity index (χ3v) is 4.64. The lowest BCUT2D eigenvalue weighted by molar-refractivity contribution is -0.125. The summed E-state index contributed by atoms with van der Waals surface area (Å²) in [5.74, 6) is 1.07. The molecule has 2 saturated heterocycles. The molecule has 1 amide bonds. The van der Waals surface area contributed by atoms with E-state index in [9.17, 15) is 4.79 Å². The molecule has 0 radical (unpaired) electrons. The van der Waals surface area contributed by atoms with Gasteiger partial charge in [-0.1, -0.05) is 0 Å². The number of piperidine rings is 1. The fraction of sp³-hybridized carbons (Fsp3) is 0.933. The van der Waals surface area contributed by atoms with Crippen molar-refractivity contribution >= 4 is 5.91 Å². The van der Waals surface area contributed by atoms with E-state index in [0.29, 0.717) is 18.0 Å². The molecule has 2 rings (SSSR count). The van der Waals surface area contributed by atoms with E-state index in [1.54, 1.807) is 0 Å². The second kappa shape index (κ2) is 6.71. The normalized spacial score (nSPS) is 32.7. The highest BCUT2D eigenvalue weighted by Gasteiger charge is 2.27. The van der Waals surface area contributed by atoms with Gasteiger partial charge in [0.1, 0.15) is 0 Å². The standard InChI is InChI=1S/C15H29N3O/c1-11(2)18-7-6-13(10-18)8-17-15(19)14-5-4-12(3)16-9-14/h11-14,16H,4-10H2,1-3H3,(H,17,19). The van der Waals surface area contributed by atoms with Gasteiger partial charge in [-0.15, -0.1) is 0 Å². The second-order valence-electron chi connectivity index (χ2n) is 6.57. The molecule has 2 heterocycles. The molecule has 19 heavy (non-hydrogen) atoms. The molecule has 0 aromatic carbocycles. The fourth-order valence-corrected chi connectivity index (χ4v) is 3.11. The molecule has 0 aromatic rings. The quantitative estimate of drug-likeness (QED) is 0.805. The zero-order valence-electron chi connectivity index (χ0n) is 12.6. The Labute approximate surface area is 117 Å². The molecule has 2 aliphatic heterocycles. The van der Waals surface area contributed by atoms with Crippen molar-refractivity contribution in [1.82, 2.24) is 15.5 Å². The van der Waals surface area contributed by atoms with Crippen LogP contribution in [0.3, 0.4) is 0 Å². The average Bonchev–Trinajstić information content (AvgIpc) is 2.86. The van der Waals surface area contributed by atoms with E-state index >= 15 is 0 Å². The number of nitrogens with one attached hydrogen (secondary N) is 2. The van der Waals surface area contributed by atoms with E-state index in [1.807, 2.05) is 0 Å². The topological polar surface area (TPSA) is 44.4 Å². The first kappa shape index (κ1) is 14.8. The van der Waals surface area contributed by atoms with Crippen LogP contribution in [0.15, 0.2) is 0 Å². The Bertz CT molecular complexity index is 298. The Balaban J connectivity index is 1.67. The minimum absolute atomic E-state index is 0.179. The highest BCUT2D eigenvalue weighted by molar-refractivity contribution is 5.79. The average molecular weight is 267 g/mol. The van der Waals surface area contributed by atoms with Gasteiger partial charge in [-0.05, 0) is 52.5 Å². The van der Waals surface area contributed by atoms with E-state index in [0.717, 1.165) is 32.5 Å². The zero-order valence-corrected chi connectivity index (χ0v) is 12.6. The van der Waals surface area contributed by atoms with Gasteiger partial charge in [-0.25, -0.2) is 0 Å². The van der Waals surface area contributed by atoms with Crippen LogP contribution in [-0.2, 0) is 4.79 Å². The Morgan fingerprint density at radius 3 is 2.74 bits per heavy atom. The van der Waals surface area contributed by atoms with Crippen molar-refractivity contribution in [2.24, 2.45) is 11.8 Å². The van der Waals surface area contributed by atoms with Crippen molar-refractivity contribution in [3.63, 3.8) is 0 Å². The molecule has 0 spiro atoms. The minimum atomic E-state index is 0.179. The lowest BCUT2D eigenvalue weighted by atomic mass is 9.94. The van der Waals surface area contributed by atoms with Crippen LogP contribution < -0.4 is 10.6 Å². The van der Waals surface area contributed by atoms with E-state index in [4.69, 9.17) is 0 Å². The highest BCUT2D eigenvalue weighted by atomic mass is 16.1. The second-order valence-corrected chi connectivity index (χ2v) is 6.57. The summed E-state index contributed by atoms with van der Waals surface area (Å²) in [6.07, 6.45) is 3.36. The number of carbonyl (C=O) groups excluding carboxylic acids is 1. The van der Waals surface area contributed by atoms with Crippen molar-refractivity contribution < 1.29 is 4.79 Å². The predicted molar refractivity (Wildman–Crippen MR) is 78.0 cm³/mol. The molecule has 2 N–H and O–H groups in total. The summed E-state index contributed by atoms with van der Waals surface area (Å²) in [6, 6.07) is 1.20. The van der Waals surface area contributed by atoms with Gasteiger partial charge >= 0.3 is 0 Å². The van der Waals surface area contributed by atoms with Crippen LogP contribution in [0, 0.1) is 11.8 Å². The zero-order chi connectivity index (χ0) is 13.8. The van der Waals surface area contributed by atoms with Crippen LogP contribution in [0.1, 0.15) is 40.0 Å². The number of rotatable bonds is 4. The Kier molecular flexibility index (Phi) is 5.22. The third kappa shape index (κ3) is 4.18. The van der Waals surface area contributed by atoms with E-state index in [2.05, 4.69) is 36.3 Å². The number of amides is 1. The molecule has 4 heteroatoms. The molecule has 4 nitrogen and oxygen atoms in total. The SMILES string of the molecule is CC1CCC(C(=O)NCC2CCN(C(C)C)C2)CN1. The van der Waals surface area contributed by atoms with Gasteiger partial charge < -0.3 is 15.5 Å². The molecule has 3 atom stereocenters. The number of hydrogen-bond acceptors (Lipinski definition) is 3. The van der Waals surface area contributed by atoms with Gasteiger partial charge in [-0.2, -0.15) is 0 Å². The maximum absolute atomic E-state index is 12.1. The number of nitrogens with zero attached hydrogens (tertiary/aromatic N) is 1. The number of likely N-dealkylation sites (tertiary alicyclic amines) is 1. The molecule has 0 aromatic heterocycles. The van der Waals surface area contributed by atoms with Crippen molar-refractivity contribution in [2.45, 2.75) is 52.1 Å². The van der Waals surface area contributed by atoms with Gasteiger partial charge in [0, 0.05) is 31.7 Å². The summed E-state index contributed by atoms with van der Waals surface area (Å²) in [4.78, 5) is 14.6. The Morgan fingerprint density at radius 1 is 1.37 bits per heavy atom. The maximum Gasteiger partial charge on any atom is 0.224 e. The van der Waals surface area contributed by atoms with Gasteiger partial charge in [0.15, 0.2) is 0 Å². The van der Waals surface area contributed by atoms with Crippen LogP contribution in [0.5, 0.6) is 0 Å². The van der Waals surface area contributed by atoms with Crippen LogP contribution in [-0.4, -0.2) is 49.1 Å². The smallest absolute Gasteiger partial charge is 0.224 e. The van der Waals surface area contributed by atoms with Crippen molar-refractivity contribution in [1.29, 1.82) is 0 Å². The van der Waals surface area contributed by atoms with Crippen LogP contribution in [0.2, 0.25) is 0 Å². The third-order valence-electron chi connectivity index (χ3n) is 4.64. The molecule has 2 fully saturated rings. The van der Waals surface area contributed by atoms with Crippen LogP contribution in [0.4, 0.5) is 0 Å². The lowest BCUT2D eigenvalue weighted by Crippen LogP contribution is -2.45. The highest BCUT2D eigenvalue weighted by Crippen LogP contribution is 2.18. The fourth-order valence-electron chi connectivity index (χ4n) is 3.11. The van der Waals surface area contributed by atoms with E-state index < -0.39 is 0 Å². The van der Waals surface area contributed by atoms with Gasteiger partial charge in [0.05, 0.1) is 5.92 Å². The predicted octanol–water partition coefficient (Wildman–Crippen LogP) is 1.22. The summed E-state index contributed by atoms with van der Waals surface area (Å²) in [6.45, 7) is 10.7. The van der Waals surface area contributed by atoms with Gasteiger partial charge in [0.25, 0.3) is 0 Å². The van der Waals surface area contributed by atoms with Gasteiger partial charge in [-0.3, -0.25) is 4.79 Å². The lowest BCUT2D eigenvalue weighted by Gasteiger charge is -2.27. The number of hydrogen-bond donors (Lipinski definition) is 2. The largest absolute Gasteiger partial charge is 0.355 e. The maximum atomic E-state index is 12.1. The van der Waals surface area contributed by atoms with Crippen LogP contribution in [0.25, 0.3) is 0 Å². The Morgan fingerprint density at radius 2 is 2.16 bits per heavy atom.